The van der Waals surface area contributed by atoms with Gasteiger partial charge in [-0.25, -0.2) is 4.98 Å². The summed E-state index contributed by atoms with van der Waals surface area (Å²) in [7, 11) is 3.25. The number of pyridine rings is 1. The van der Waals surface area contributed by atoms with E-state index in [1.54, 1.807) is 14.2 Å². The van der Waals surface area contributed by atoms with Crippen LogP contribution in [0.1, 0.15) is 34.3 Å². The minimum atomic E-state index is -0.0618. The van der Waals surface area contributed by atoms with Crippen molar-refractivity contribution < 1.29 is 14.3 Å². The van der Waals surface area contributed by atoms with Gasteiger partial charge in [0.25, 0.3) is 5.91 Å². The number of nitrogens with zero attached hydrogens (tertiary/aromatic N) is 2. The number of piperidine rings is 1. The average Bonchev–Trinajstić information content (AvgIpc) is 2.93. The number of benzene rings is 3. The second-order valence-electron chi connectivity index (χ2n) is 9.65. The van der Waals surface area contributed by atoms with Gasteiger partial charge in [0.1, 0.15) is 11.5 Å². The van der Waals surface area contributed by atoms with Crippen LogP contribution in [0.5, 0.6) is 11.5 Å². The molecule has 0 spiro atoms. The minimum absolute atomic E-state index is 0.0618. The first-order chi connectivity index (χ1) is 18.0. The Morgan fingerprint density at radius 1 is 0.973 bits per heavy atom. The van der Waals surface area contributed by atoms with Crippen molar-refractivity contribution in [2.75, 3.05) is 27.3 Å². The fourth-order valence-corrected chi connectivity index (χ4v) is 5.02. The molecular formula is C31H33N3O3. The van der Waals surface area contributed by atoms with Gasteiger partial charge in [0.15, 0.2) is 0 Å². The number of amides is 1. The van der Waals surface area contributed by atoms with Gasteiger partial charge < -0.3 is 14.8 Å². The number of aromatic nitrogens is 1. The summed E-state index contributed by atoms with van der Waals surface area (Å²) in [6, 6.07) is 24.2. The molecule has 1 aliphatic heterocycles. The molecule has 6 heteroatoms. The first kappa shape index (κ1) is 24.8. The molecule has 37 heavy (non-hydrogen) atoms. The SMILES string of the molecule is COc1ccc(-c2cc(C(=O)NC3CCN(Cc4ccccc4)CC3)c3cc(C)ccc3n2)c(OC)c1. The lowest BCUT2D eigenvalue weighted by Crippen LogP contribution is -2.44. The number of nitrogens with one attached hydrogen (secondary N) is 1. The molecule has 1 N–H and O–H groups in total. The van der Waals surface area contributed by atoms with Gasteiger partial charge in [0.2, 0.25) is 0 Å². The summed E-state index contributed by atoms with van der Waals surface area (Å²) in [6.07, 6.45) is 1.86. The predicted octanol–water partition coefficient (Wildman–Crippen LogP) is 5.62. The number of carbonyl (C=O) groups is 1. The molecule has 1 aromatic heterocycles. The molecule has 0 unspecified atom stereocenters. The Labute approximate surface area is 218 Å². The summed E-state index contributed by atoms with van der Waals surface area (Å²) < 4.78 is 11.0. The van der Waals surface area contributed by atoms with Crippen LogP contribution in [-0.4, -0.2) is 49.1 Å². The molecule has 4 aromatic rings. The van der Waals surface area contributed by atoms with Crippen LogP contribution in [0.4, 0.5) is 0 Å². The summed E-state index contributed by atoms with van der Waals surface area (Å²) in [5.74, 6) is 1.29. The van der Waals surface area contributed by atoms with Crippen molar-refractivity contribution in [2.45, 2.75) is 32.4 Å². The highest BCUT2D eigenvalue weighted by atomic mass is 16.5. The maximum absolute atomic E-state index is 13.6. The standard InChI is InChI=1S/C31H33N3O3/c1-21-9-12-28-26(17-21)27(19-29(33-28)25-11-10-24(36-2)18-30(25)37-3)31(35)32-23-13-15-34(16-14-23)20-22-7-5-4-6-8-22/h4-12,17-19,23H,13-16,20H2,1-3H3,(H,32,35). The highest BCUT2D eigenvalue weighted by molar-refractivity contribution is 6.07. The minimum Gasteiger partial charge on any atom is -0.497 e. The fourth-order valence-electron chi connectivity index (χ4n) is 5.02. The number of carbonyl (C=O) groups excluding carboxylic acids is 1. The lowest BCUT2D eigenvalue weighted by Gasteiger charge is -2.32. The van der Waals surface area contributed by atoms with Crippen LogP contribution in [0.25, 0.3) is 22.2 Å². The topological polar surface area (TPSA) is 63.7 Å². The maximum atomic E-state index is 13.6. The second-order valence-corrected chi connectivity index (χ2v) is 9.65. The highest BCUT2D eigenvalue weighted by Crippen LogP contribution is 2.34. The van der Waals surface area contributed by atoms with Crippen LogP contribution >= 0.6 is 0 Å². The molecule has 1 saturated heterocycles. The van der Waals surface area contributed by atoms with Crippen LogP contribution in [0.3, 0.4) is 0 Å². The first-order valence-electron chi connectivity index (χ1n) is 12.7. The van der Waals surface area contributed by atoms with Gasteiger partial charge in [-0.05, 0) is 55.7 Å². The van der Waals surface area contributed by atoms with Crippen LogP contribution in [-0.2, 0) is 6.54 Å². The van der Waals surface area contributed by atoms with Crippen molar-refractivity contribution in [3.63, 3.8) is 0 Å². The Morgan fingerprint density at radius 3 is 2.49 bits per heavy atom. The molecular weight excluding hydrogens is 462 g/mol. The molecule has 3 aromatic carbocycles. The lowest BCUT2D eigenvalue weighted by molar-refractivity contribution is 0.0910. The van der Waals surface area contributed by atoms with E-state index in [1.165, 1.54) is 5.56 Å². The van der Waals surface area contributed by atoms with E-state index in [9.17, 15) is 4.79 Å². The molecule has 190 valence electrons. The van der Waals surface area contributed by atoms with E-state index in [4.69, 9.17) is 14.5 Å². The second kappa shape index (κ2) is 11.0. The fraction of sp³-hybridized carbons (Fsp3) is 0.290. The number of fused-ring (bicyclic) bond motifs is 1. The smallest absolute Gasteiger partial charge is 0.252 e. The Hall–Kier alpha value is -3.90. The number of methoxy groups -OCH3 is 2. The van der Waals surface area contributed by atoms with Gasteiger partial charge in [0.05, 0.1) is 31.0 Å². The van der Waals surface area contributed by atoms with E-state index in [0.29, 0.717) is 22.8 Å². The van der Waals surface area contributed by atoms with E-state index in [1.807, 2.05) is 55.5 Å². The van der Waals surface area contributed by atoms with Gasteiger partial charge in [0, 0.05) is 42.7 Å². The van der Waals surface area contributed by atoms with Crippen molar-refractivity contribution in [3.8, 4) is 22.8 Å². The Morgan fingerprint density at radius 2 is 1.76 bits per heavy atom. The number of rotatable bonds is 7. The molecule has 5 rings (SSSR count). The number of hydrogen-bond acceptors (Lipinski definition) is 5. The quantitative estimate of drug-likeness (QED) is 0.360. The van der Waals surface area contributed by atoms with Crippen molar-refractivity contribution in [1.82, 2.24) is 15.2 Å². The van der Waals surface area contributed by atoms with Crippen molar-refractivity contribution >= 4 is 16.8 Å². The zero-order chi connectivity index (χ0) is 25.8. The van der Waals surface area contributed by atoms with E-state index < -0.39 is 0 Å². The Balaban J connectivity index is 1.38. The summed E-state index contributed by atoms with van der Waals surface area (Å²) in [6.45, 7) is 4.90. The monoisotopic (exact) mass is 495 g/mol. The summed E-state index contributed by atoms with van der Waals surface area (Å²) in [4.78, 5) is 21.0. The largest absolute Gasteiger partial charge is 0.497 e. The zero-order valence-electron chi connectivity index (χ0n) is 21.7. The van der Waals surface area contributed by atoms with E-state index >= 15 is 0 Å². The summed E-state index contributed by atoms with van der Waals surface area (Å²) >= 11 is 0. The van der Waals surface area contributed by atoms with E-state index in [-0.39, 0.29) is 11.9 Å². The number of hydrogen-bond donors (Lipinski definition) is 1. The summed E-state index contributed by atoms with van der Waals surface area (Å²) in [5, 5.41) is 4.17. The highest BCUT2D eigenvalue weighted by Gasteiger charge is 2.23. The summed E-state index contributed by atoms with van der Waals surface area (Å²) in [5.41, 5.74) is 5.34. The van der Waals surface area contributed by atoms with E-state index in [0.717, 1.165) is 54.5 Å². The first-order valence-corrected chi connectivity index (χ1v) is 12.7. The maximum Gasteiger partial charge on any atom is 0.252 e. The average molecular weight is 496 g/mol. The molecule has 0 radical (unpaired) electrons. The Kier molecular flexibility index (Phi) is 7.37. The molecule has 2 heterocycles. The van der Waals surface area contributed by atoms with Crippen LogP contribution in [0.2, 0.25) is 0 Å². The lowest BCUT2D eigenvalue weighted by atomic mass is 10.00. The predicted molar refractivity (Wildman–Crippen MR) is 147 cm³/mol. The molecule has 1 amide bonds. The van der Waals surface area contributed by atoms with Crippen molar-refractivity contribution in [3.05, 3.63) is 89.5 Å². The van der Waals surface area contributed by atoms with Crippen LogP contribution in [0.15, 0.2) is 72.8 Å². The van der Waals surface area contributed by atoms with Crippen molar-refractivity contribution in [1.29, 1.82) is 0 Å². The molecule has 6 nitrogen and oxygen atoms in total. The molecule has 0 aliphatic carbocycles. The van der Waals surface area contributed by atoms with Crippen LogP contribution in [0, 0.1) is 6.92 Å². The zero-order valence-corrected chi connectivity index (χ0v) is 21.7. The van der Waals surface area contributed by atoms with Crippen molar-refractivity contribution in [2.24, 2.45) is 0 Å². The van der Waals surface area contributed by atoms with Gasteiger partial charge in [-0.3, -0.25) is 9.69 Å². The normalized spacial score (nSPS) is 14.5. The Bertz CT molecular complexity index is 1400. The molecule has 0 bridgehead atoms. The third kappa shape index (κ3) is 5.59. The van der Waals surface area contributed by atoms with Crippen LogP contribution < -0.4 is 14.8 Å². The number of aryl methyl sites for hydroxylation is 1. The van der Waals surface area contributed by atoms with Gasteiger partial charge >= 0.3 is 0 Å². The van der Waals surface area contributed by atoms with Gasteiger partial charge in [-0.15, -0.1) is 0 Å². The van der Waals surface area contributed by atoms with Gasteiger partial charge in [-0.1, -0.05) is 42.0 Å². The molecule has 1 aliphatic rings. The third-order valence-corrected chi connectivity index (χ3v) is 7.07. The molecule has 0 saturated carbocycles. The number of ether oxygens (including phenoxy) is 2. The van der Waals surface area contributed by atoms with E-state index in [2.05, 4.69) is 34.5 Å². The molecule has 1 fully saturated rings. The molecule has 0 atom stereocenters. The van der Waals surface area contributed by atoms with Gasteiger partial charge in [-0.2, -0.15) is 0 Å². The third-order valence-electron chi connectivity index (χ3n) is 7.07. The number of likely N-dealkylation sites (tertiary alicyclic amines) is 1.